The van der Waals surface area contributed by atoms with E-state index >= 15 is 0 Å². The average molecular weight is 338 g/mol. The summed E-state index contributed by atoms with van der Waals surface area (Å²) in [7, 11) is 0. The SMILES string of the molecule is CC(=O)/C(C(=O)Nc1ccc(C)cc1C)=C(/N)Oc1ccccc1C. The van der Waals surface area contributed by atoms with Gasteiger partial charge in [0, 0.05) is 5.69 Å². The summed E-state index contributed by atoms with van der Waals surface area (Å²) >= 11 is 0. The Bertz CT molecular complexity index is 854. The molecule has 0 unspecified atom stereocenters. The van der Waals surface area contributed by atoms with Gasteiger partial charge >= 0.3 is 0 Å². The fourth-order valence-corrected chi connectivity index (χ4v) is 2.42. The third-order valence-electron chi connectivity index (χ3n) is 3.77. The van der Waals surface area contributed by atoms with E-state index in [0.29, 0.717) is 11.4 Å². The van der Waals surface area contributed by atoms with Crippen LogP contribution in [0.5, 0.6) is 5.75 Å². The molecule has 0 radical (unpaired) electrons. The van der Waals surface area contributed by atoms with E-state index in [1.807, 2.05) is 45.0 Å². The highest BCUT2D eigenvalue weighted by molar-refractivity contribution is 6.23. The molecular formula is C20H22N2O3. The summed E-state index contributed by atoms with van der Waals surface area (Å²) in [4.78, 5) is 24.5. The molecule has 0 aliphatic heterocycles. The Hall–Kier alpha value is -3.08. The van der Waals surface area contributed by atoms with Crippen molar-refractivity contribution in [2.45, 2.75) is 27.7 Å². The monoisotopic (exact) mass is 338 g/mol. The van der Waals surface area contributed by atoms with Gasteiger partial charge in [-0.1, -0.05) is 35.9 Å². The van der Waals surface area contributed by atoms with Crippen LogP contribution >= 0.6 is 0 Å². The van der Waals surface area contributed by atoms with Crippen molar-refractivity contribution in [2.24, 2.45) is 5.73 Å². The van der Waals surface area contributed by atoms with Gasteiger partial charge in [-0.15, -0.1) is 0 Å². The van der Waals surface area contributed by atoms with Crippen LogP contribution in [0.3, 0.4) is 0 Å². The van der Waals surface area contributed by atoms with Crippen LogP contribution in [0, 0.1) is 20.8 Å². The summed E-state index contributed by atoms with van der Waals surface area (Å²) in [5, 5.41) is 2.72. The van der Waals surface area contributed by atoms with Crippen LogP contribution in [0.1, 0.15) is 23.6 Å². The van der Waals surface area contributed by atoms with Gasteiger partial charge in [-0.05, 0) is 51.0 Å². The third kappa shape index (κ3) is 4.47. The summed E-state index contributed by atoms with van der Waals surface area (Å²) in [6.45, 7) is 6.98. The molecule has 2 aromatic rings. The van der Waals surface area contributed by atoms with E-state index < -0.39 is 11.7 Å². The van der Waals surface area contributed by atoms with Crippen LogP contribution < -0.4 is 15.8 Å². The average Bonchev–Trinajstić information content (AvgIpc) is 2.52. The van der Waals surface area contributed by atoms with Crippen LogP contribution in [-0.2, 0) is 9.59 Å². The zero-order valence-corrected chi connectivity index (χ0v) is 14.8. The Balaban J connectivity index is 2.31. The van der Waals surface area contributed by atoms with E-state index in [-0.39, 0.29) is 11.5 Å². The smallest absolute Gasteiger partial charge is 0.264 e. The number of para-hydroxylation sites is 1. The highest BCUT2D eigenvalue weighted by atomic mass is 16.5. The first kappa shape index (κ1) is 18.3. The number of benzene rings is 2. The Morgan fingerprint density at radius 3 is 2.28 bits per heavy atom. The minimum atomic E-state index is -0.592. The Labute approximate surface area is 147 Å². The van der Waals surface area contributed by atoms with Gasteiger partial charge in [0.2, 0.25) is 5.88 Å². The minimum absolute atomic E-state index is 0.205. The Morgan fingerprint density at radius 2 is 1.68 bits per heavy atom. The molecule has 0 bridgehead atoms. The number of nitrogens with one attached hydrogen (secondary N) is 1. The first-order valence-corrected chi connectivity index (χ1v) is 7.92. The molecule has 2 rings (SSSR count). The maximum absolute atomic E-state index is 12.6. The van der Waals surface area contributed by atoms with Crippen molar-refractivity contribution in [2.75, 3.05) is 5.32 Å². The molecule has 5 nitrogen and oxygen atoms in total. The van der Waals surface area contributed by atoms with Crippen LogP contribution in [-0.4, -0.2) is 11.7 Å². The molecule has 2 aromatic carbocycles. The molecule has 0 atom stereocenters. The zero-order chi connectivity index (χ0) is 18.6. The van der Waals surface area contributed by atoms with Gasteiger partial charge in [-0.25, -0.2) is 0 Å². The maximum Gasteiger partial charge on any atom is 0.264 e. The molecule has 0 aliphatic carbocycles. The van der Waals surface area contributed by atoms with Gasteiger partial charge < -0.3 is 15.8 Å². The lowest BCUT2D eigenvalue weighted by molar-refractivity contribution is -0.119. The molecule has 1 amide bonds. The van der Waals surface area contributed by atoms with E-state index in [1.165, 1.54) is 6.92 Å². The lowest BCUT2D eigenvalue weighted by atomic mass is 10.1. The maximum atomic E-state index is 12.6. The van der Waals surface area contributed by atoms with Crippen LogP contribution in [0.15, 0.2) is 53.9 Å². The van der Waals surface area contributed by atoms with Crippen molar-refractivity contribution >= 4 is 17.4 Å². The molecule has 0 saturated carbocycles. The van der Waals surface area contributed by atoms with Gasteiger partial charge in [-0.3, -0.25) is 9.59 Å². The zero-order valence-electron chi connectivity index (χ0n) is 14.8. The first-order chi connectivity index (χ1) is 11.8. The molecule has 5 heteroatoms. The number of nitrogens with two attached hydrogens (primary N) is 1. The number of hydrogen-bond donors (Lipinski definition) is 2. The number of ketones is 1. The second kappa shape index (κ2) is 7.66. The predicted molar refractivity (Wildman–Crippen MR) is 98.2 cm³/mol. The van der Waals surface area contributed by atoms with Crippen LogP contribution in [0.2, 0.25) is 0 Å². The number of rotatable bonds is 5. The summed E-state index contributed by atoms with van der Waals surface area (Å²) in [6.07, 6.45) is 0. The van der Waals surface area contributed by atoms with Crippen molar-refractivity contribution < 1.29 is 14.3 Å². The van der Waals surface area contributed by atoms with Crippen molar-refractivity contribution in [3.63, 3.8) is 0 Å². The lowest BCUT2D eigenvalue weighted by Gasteiger charge is -2.13. The molecule has 0 aromatic heterocycles. The largest absolute Gasteiger partial charge is 0.440 e. The fourth-order valence-electron chi connectivity index (χ4n) is 2.42. The molecule has 0 spiro atoms. The van der Waals surface area contributed by atoms with Gasteiger partial charge in [0.25, 0.3) is 5.91 Å². The standard InChI is InChI=1S/C20H22N2O3/c1-12-9-10-16(14(3)11-12)22-20(24)18(15(4)23)19(21)25-17-8-6-5-7-13(17)2/h5-11H,21H2,1-4H3,(H,22,24)/b19-18+. The number of aryl methyl sites for hydroxylation is 3. The van der Waals surface area contributed by atoms with Crippen molar-refractivity contribution in [3.8, 4) is 5.75 Å². The molecule has 3 N–H and O–H groups in total. The first-order valence-electron chi connectivity index (χ1n) is 7.92. The molecule has 0 fully saturated rings. The van der Waals surface area contributed by atoms with Crippen molar-refractivity contribution in [3.05, 3.63) is 70.6 Å². The summed E-state index contributed by atoms with van der Waals surface area (Å²) in [6, 6.07) is 12.8. The van der Waals surface area contributed by atoms with Crippen LogP contribution in [0.4, 0.5) is 5.69 Å². The van der Waals surface area contributed by atoms with Crippen LogP contribution in [0.25, 0.3) is 0 Å². The summed E-state index contributed by atoms with van der Waals surface area (Å²) < 4.78 is 5.55. The minimum Gasteiger partial charge on any atom is -0.440 e. The Morgan fingerprint density at radius 1 is 1.00 bits per heavy atom. The molecule has 0 aliphatic rings. The second-order valence-corrected chi connectivity index (χ2v) is 5.94. The normalized spacial score (nSPS) is 11.5. The van der Waals surface area contributed by atoms with Gasteiger partial charge in [0.05, 0.1) is 0 Å². The molecular weight excluding hydrogens is 316 g/mol. The van der Waals surface area contributed by atoms with E-state index in [1.54, 1.807) is 18.2 Å². The van der Waals surface area contributed by atoms with E-state index in [4.69, 9.17) is 10.5 Å². The summed E-state index contributed by atoms with van der Waals surface area (Å²) in [5.74, 6) is -0.777. The quantitative estimate of drug-likeness (QED) is 0.379. The van der Waals surface area contributed by atoms with Crippen molar-refractivity contribution in [1.82, 2.24) is 0 Å². The predicted octanol–water partition coefficient (Wildman–Crippen LogP) is 3.39. The van der Waals surface area contributed by atoms with Crippen molar-refractivity contribution in [1.29, 1.82) is 0 Å². The topological polar surface area (TPSA) is 81.4 Å². The van der Waals surface area contributed by atoms with E-state index in [9.17, 15) is 9.59 Å². The highest BCUT2D eigenvalue weighted by Crippen LogP contribution is 2.21. The van der Waals surface area contributed by atoms with Gasteiger partial charge in [0.1, 0.15) is 11.3 Å². The molecule has 130 valence electrons. The number of amides is 1. The number of carbonyl (C=O) groups is 2. The lowest BCUT2D eigenvalue weighted by Crippen LogP contribution is -2.26. The van der Waals surface area contributed by atoms with E-state index in [0.717, 1.165) is 16.7 Å². The number of carbonyl (C=O) groups excluding carboxylic acids is 2. The molecule has 0 saturated heterocycles. The fraction of sp³-hybridized carbons (Fsp3) is 0.200. The second-order valence-electron chi connectivity index (χ2n) is 5.94. The third-order valence-corrected chi connectivity index (χ3v) is 3.77. The summed E-state index contributed by atoms with van der Waals surface area (Å²) in [5.41, 5.74) is 9.16. The van der Waals surface area contributed by atoms with E-state index in [2.05, 4.69) is 5.32 Å². The number of ether oxygens (including phenoxy) is 1. The highest BCUT2D eigenvalue weighted by Gasteiger charge is 2.21. The van der Waals surface area contributed by atoms with Gasteiger partial charge in [0.15, 0.2) is 5.78 Å². The number of Topliss-reactive ketones (excluding diaryl/α,β-unsaturated/α-hetero) is 1. The van der Waals surface area contributed by atoms with Gasteiger partial charge in [-0.2, -0.15) is 0 Å². The molecule has 25 heavy (non-hydrogen) atoms. The number of hydrogen-bond acceptors (Lipinski definition) is 4. The Kier molecular flexibility index (Phi) is 5.60. The number of anilines is 1. The molecule has 0 heterocycles.